The predicted molar refractivity (Wildman–Crippen MR) is 86.8 cm³/mol. The fourth-order valence-corrected chi connectivity index (χ4v) is 15.0. The summed E-state index contributed by atoms with van der Waals surface area (Å²) in [5.74, 6) is 0. The van der Waals surface area contributed by atoms with Crippen LogP contribution in [-0.4, -0.2) is 46.2 Å². The zero-order valence-corrected chi connectivity index (χ0v) is 17.2. The smallest absolute Gasteiger partial charge is 0.375 e. The average molecular weight is 355 g/mol. The summed E-state index contributed by atoms with van der Waals surface area (Å²) in [6, 6.07) is 0. The van der Waals surface area contributed by atoms with Gasteiger partial charge in [-0.1, -0.05) is 20.8 Å². The topological polar surface area (TPSA) is 55.4 Å². The molecule has 0 aromatic heterocycles. The minimum Gasteiger partial charge on any atom is -0.375 e. The van der Waals surface area contributed by atoms with E-state index in [-0.39, 0.29) is 0 Å². The van der Waals surface area contributed by atoms with Crippen molar-refractivity contribution < 1.29 is 25.6 Å². The lowest BCUT2D eigenvalue weighted by atomic mass is 10.5. The quantitative estimate of drug-likeness (QED) is 0.593. The van der Waals surface area contributed by atoms with Crippen LogP contribution in [0.1, 0.15) is 40.0 Å². The van der Waals surface area contributed by atoms with Gasteiger partial charge < -0.3 is 25.6 Å². The zero-order chi connectivity index (χ0) is 16.0. The number of rotatable bonds is 9. The van der Waals surface area contributed by atoms with Gasteiger partial charge in [-0.2, -0.15) is 0 Å². The molecule has 0 radical (unpaired) electrons. The van der Waals surface area contributed by atoms with Gasteiger partial charge in [-0.15, -0.1) is 0 Å². The van der Waals surface area contributed by atoms with Crippen molar-refractivity contribution in [1.82, 2.24) is 0 Å². The van der Waals surface area contributed by atoms with Crippen LogP contribution in [-0.2, 0) is 25.6 Å². The van der Waals surface area contributed by atoms with E-state index in [0.717, 1.165) is 19.3 Å². The van der Waals surface area contributed by atoms with Gasteiger partial charge in [0.1, 0.15) is 0 Å². The van der Waals surface area contributed by atoms with Crippen LogP contribution in [0.15, 0.2) is 0 Å². The predicted octanol–water partition coefficient (Wildman–Crippen LogP) is 3.04. The van der Waals surface area contributed by atoms with Crippen molar-refractivity contribution in [2.24, 2.45) is 0 Å². The van der Waals surface area contributed by atoms with Gasteiger partial charge in [0.25, 0.3) is 0 Å². The Morgan fingerprint density at radius 1 is 0.571 bits per heavy atom. The lowest BCUT2D eigenvalue weighted by molar-refractivity contribution is 0.0221. The van der Waals surface area contributed by atoms with Gasteiger partial charge >= 0.3 is 26.4 Å². The normalized spacial score (nSPS) is 36.9. The number of hydrogen-bond donors (Lipinski definition) is 0. The third-order valence-corrected chi connectivity index (χ3v) is 13.9. The first-order chi connectivity index (χ1) is 9.80. The highest BCUT2D eigenvalue weighted by Gasteiger charge is 2.62. The van der Waals surface area contributed by atoms with Gasteiger partial charge in [0.15, 0.2) is 0 Å². The van der Waals surface area contributed by atoms with Crippen LogP contribution >= 0.6 is 0 Å². The monoisotopic (exact) mass is 354 g/mol. The van der Waals surface area contributed by atoms with Gasteiger partial charge in [-0.3, -0.25) is 0 Å². The Hall–Kier alpha value is 0.411. The van der Waals surface area contributed by atoms with Gasteiger partial charge in [0.05, 0.1) is 0 Å². The molecular formula is C12H30O6Si3. The van der Waals surface area contributed by atoms with E-state index in [1.54, 1.807) is 0 Å². The fourth-order valence-electron chi connectivity index (χ4n) is 2.11. The molecule has 0 aromatic carbocycles. The molecular weight excluding hydrogens is 324 g/mol. The molecule has 1 aliphatic rings. The van der Waals surface area contributed by atoms with E-state index in [1.165, 1.54) is 0 Å². The van der Waals surface area contributed by atoms with Crippen LogP contribution in [0.25, 0.3) is 0 Å². The summed E-state index contributed by atoms with van der Waals surface area (Å²) in [5, 5.41) is 0. The van der Waals surface area contributed by atoms with Crippen LogP contribution in [0.4, 0.5) is 0 Å². The Morgan fingerprint density at radius 2 is 0.810 bits per heavy atom. The molecule has 1 heterocycles. The van der Waals surface area contributed by atoms with Crippen LogP contribution in [0.2, 0.25) is 19.6 Å². The van der Waals surface area contributed by atoms with Crippen LogP contribution < -0.4 is 0 Å². The summed E-state index contributed by atoms with van der Waals surface area (Å²) < 4.78 is 35.9. The van der Waals surface area contributed by atoms with E-state index in [9.17, 15) is 0 Å². The van der Waals surface area contributed by atoms with E-state index in [4.69, 9.17) is 25.6 Å². The summed E-state index contributed by atoms with van der Waals surface area (Å²) in [7, 11) is -8.34. The Kier molecular flexibility index (Phi) is 7.70. The van der Waals surface area contributed by atoms with Gasteiger partial charge in [0.2, 0.25) is 0 Å². The Bertz CT molecular complexity index is 264. The highest BCUT2D eigenvalue weighted by molar-refractivity contribution is 6.87. The maximum absolute atomic E-state index is 6.08. The van der Waals surface area contributed by atoms with Gasteiger partial charge in [0, 0.05) is 39.5 Å². The van der Waals surface area contributed by atoms with Crippen molar-refractivity contribution >= 4 is 26.4 Å². The van der Waals surface area contributed by atoms with Crippen LogP contribution in [0, 0.1) is 0 Å². The molecule has 126 valence electrons. The summed E-state index contributed by atoms with van der Waals surface area (Å²) >= 11 is 0. The second-order valence-electron chi connectivity index (χ2n) is 5.44. The van der Waals surface area contributed by atoms with E-state index in [1.807, 2.05) is 19.6 Å². The van der Waals surface area contributed by atoms with E-state index in [0.29, 0.717) is 19.8 Å². The molecule has 0 amide bonds. The first-order valence-corrected chi connectivity index (χ1v) is 14.5. The highest BCUT2D eigenvalue weighted by atomic mass is 28.5. The second-order valence-corrected chi connectivity index (χ2v) is 13.9. The molecule has 6 nitrogen and oxygen atoms in total. The Balaban J connectivity index is 2.86. The van der Waals surface area contributed by atoms with Crippen molar-refractivity contribution in [3.63, 3.8) is 0 Å². The molecule has 21 heavy (non-hydrogen) atoms. The maximum Gasteiger partial charge on any atom is 0.482 e. The molecule has 1 aliphatic heterocycles. The molecule has 0 bridgehead atoms. The average Bonchev–Trinajstić information content (AvgIpc) is 2.39. The minimum atomic E-state index is -2.78. The van der Waals surface area contributed by atoms with Crippen molar-refractivity contribution in [2.45, 2.75) is 59.7 Å². The molecule has 9 heteroatoms. The van der Waals surface area contributed by atoms with Gasteiger partial charge in [-0.25, -0.2) is 0 Å². The molecule has 1 fully saturated rings. The van der Waals surface area contributed by atoms with E-state index < -0.39 is 26.4 Å². The van der Waals surface area contributed by atoms with Crippen molar-refractivity contribution in [1.29, 1.82) is 0 Å². The van der Waals surface area contributed by atoms with E-state index >= 15 is 0 Å². The zero-order valence-electron chi connectivity index (χ0n) is 14.2. The fraction of sp³-hybridized carbons (Fsp3) is 1.00. The molecule has 1 saturated heterocycles. The molecule has 0 unspecified atom stereocenters. The Morgan fingerprint density at radius 3 is 1.00 bits per heavy atom. The summed E-state index contributed by atoms with van der Waals surface area (Å²) in [6.07, 6.45) is 2.75. The summed E-state index contributed by atoms with van der Waals surface area (Å²) in [6.45, 7) is 13.7. The maximum atomic E-state index is 6.08. The number of hydrogen-bond acceptors (Lipinski definition) is 6. The van der Waals surface area contributed by atoms with Gasteiger partial charge in [-0.05, 0) is 19.3 Å². The van der Waals surface area contributed by atoms with Crippen molar-refractivity contribution in [2.75, 3.05) is 19.8 Å². The lowest BCUT2D eigenvalue weighted by Gasteiger charge is -2.46. The molecule has 0 aromatic rings. The first kappa shape index (κ1) is 19.5. The van der Waals surface area contributed by atoms with Crippen LogP contribution in [0.3, 0.4) is 0 Å². The minimum absolute atomic E-state index is 0.610. The molecule has 1 rings (SSSR count). The van der Waals surface area contributed by atoms with Crippen molar-refractivity contribution in [3.05, 3.63) is 0 Å². The standard InChI is InChI=1S/C12H30O6Si3/c1-7-10-13-19(4)16-20(5,14-11-8-2)18-21(6,17-19)15-12-9-3/h7-12H2,1-6H3. The highest BCUT2D eigenvalue weighted by Crippen LogP contribution is 2.32. The molecule has 0 aliphatic carbocycles. The molecule has 0 N–H and O–H groups in total. The summed E-state index contributed by atoms with van der Waals surface area (Å²) in [4.78, 5) is 0. The Labute approximate surface area is 132 Å². The molecule has 0 saturated carbocycles. The third-order valence-electron chi connectivity index (χ3n) is 2.82. The molecule has 0 spiro atoms. The SMILES string of the molecule is CCCO[Si]1(C)O[Si](C)(OCCC)O[Si](C)(OCCC)O1. The van der Waals surface area contributed by atoms with Crippen molar-refractivity contribution in [3.8, 4) is 0 Å². The third kappa shape index (κ3) is 6.20. The largest absolute Gasteiger partial charge is 0.482 e. The summed E-state index contributed by atoms with van der Waals surface area (Å²) in [5.41, 5.74) is 0. The lowest BCUT2D eigenvalue weighted by Crippen LogP contribution is -2.70. The van der Waals surface area contributed by atoms with Crippen LogP contribution in [0.5, 0.6) is 0 Å². The van der Waals surface area contributed by atoms with E-state index in [2.05, 4.69) is 20.8 Å². The second kappa shape index (κ2) is 8.32. The first-order valence-electron chi connectivity index (χ1n) is 7.82. The molecule has 0 atom stereocenters.